The number of nitrogens with zero attached hydrogens (tertiary/aromatic N) is 6. The fourth-order valence-electron chi connectivity index (χ4n) is 6.10. The number of anilines is 2. The first-order valence-electron chi connectivity index (χ1n) is 16.9. The molecule has 7 rings (SSSR count). The third-order valence-corrected chi connectivity index (χ3v) is 8.82. The van der Waals surface area contributed by atoms with Gasteiger partial charge in [0.25, 0.3) is 18.8 Å². The van der Waals surface area contributed by atoms with Gasteiger partial charge in [-0.05, 0) is 125 Å². The quantitative estimate of drug-likeness (QED) is 0.116. The molecule has 0 saturated carbocycles. The number of hydrogen-bond donors (Lipinski definition) is 0. The lowest BCUT2D eigenvalue weighted by molar-refractivity contribution is 0.253. The molecule has 54 heavy (non-hydrogen) atoms. The average molecular weight is 707 g/mol. The molecule has 0 unspecified atom stereocenters. The molecule has 1 saturated heterocycles. The molecule has 0 bridgehead atoms. The van der Waals surface area contributed by atoms with Crippen LogP contribution in [0.15, 0.2) is 151 Å². The molecule has 10 heteroatoms. The molecule has 1 heterocycles. The third-order valence-electron chi connectivity index (χ3n) is 8.82. The van der Waals surface area contributed by atoms with Crippen molar-refractivity contribution in [3.05, 3.63) is 179 Å². The summed E-state index contributed by atoms with van der Waals surface area (Å²) in [4.78, 5) is 22.1. The first-order valence-corrected chi connectivity index (χ1v) is 16.9. The summed E-state index contributed by atoms with van der Waals surface area (Å²) in [5, 5.41) is 26.2. The van der Waals surface area contributed by atoms with Crippen molar-refractivity contribution in [3.63, 3.8) is 0 Å². The number of carbonyl (C=O) groups excluding carboxylic acids is 1. The predicted molar refractivity (Wildman–Crippen MR) is 203 cm³/mol. The Balaban J connectivity index is 1.12. The Morgan fingerprint density at radius 1 is 0.426 bits per heavy atom. The number of amides is 2. The van der Waals surface area contributed by atoms with Crippen LogP contribution in [0.1, 0.15) is 33.4 Å². The van der Waals surface area contributed by atoms with Gasteiger partial charge in [0.2, 0.25) is 5.96 Å². The molecule has 0 aromatic heterocycles. The minimum Gasteiger partial charge on any atom is -0.388 e. The standard InChI is InChI=1S/C44H30N6O4/c45-28-52-40-19-7-34(8-20-40)25-31-1-13-37(14-2-31)48-43-49(38-15-3-32(4-16-38)26-35-9-21-41(22-10-35)53-29-46)44(51)50(43)39-17-5-33(6-18-39)27-36-11-23-42(24-12-36)54-30-47/h1-24H,25-27H2. The summed E-state index contributed by atoms with van der Waals surface area (Å²) >= 11 is 0. The van der Waals surface area contributed by atoms with Crippen LogP contribution < -0.4 is 24.0 Å². The molecule has 10 nitrogen and oxygen atoms in total. The number of hydrogen-bond acceptors (Lipinski definition) is 8. The van der Waals surface area contributed by atoms with E-state index in [0.717, 1.165) is 33.4 Å². The van der Waals surface area contributed by atoms with Crippen molar-refractivity contribution in [2.24, 2.45) is 4.99 Å². The third kappa shape index (κ3) is 8.03. The summed E-state index contributed by atoms with van der Waals surface area (Å²) in [6, 6.07) is 45.4. The molecule has 0 radical (unpaired) electrons. The van der Waals surface area contributed by atoms with Crippen LogP contribution in [0.5, 0.6) is 17.2 Å². The molecule has 0 atom stereocenters. The number of nitriles is 3. The number of guanidine groups is 1. The molecule has 0 aliphatic carbocycles. The van der Waals surface area contributed by atoms with Crippen molar-refractivity contribution >= 4 is 29.1 Å². The lowest BCUT2D eigenvalue weighted by Gasteiger charge is -2.42. The second-order valence-electron chi connectivity index (χ2n) is 12.4. The molecule has 1 aliphatic rings. The Morgan fingerprint density at radius 3 is 1.00 bits per heavy atom. The van der Waals surface area contributed by atoms with E-state index < -0.39 is 0 Å². The van der Waals surface area contributed by atoms with Crippen molar-refractivity contribution in [1.82, 2.24) is 0 Å². The fraction of sp³-hybridized carbons (Fsp3) is 0.0682. The topological polar surface area (TPSA) is 135 Å². The lowest BCUT2D eigenvalue weighted by Crippen LogP contribution is -2.65. The van der Waals surface area contributed by atoms with E-state index >= 15 is 0 Å². The maximum atomic E-state index is 13.9. The molecule has 260 valence electrons. The second-order valence-corrected chi connectivity index (χ2v) is 12.4. The van der Waals surface area contributed by atoms with Gasteiger partial charge in [0, 0.05) is 0 Å². The molecule has 0 N–H and O–H groups in total. The van der Waals surface area contributed by atoms with Gasteiger partial charge < -0.3 is 14.2 Å². The smallest absolute Gasteiger partial charge is 0.342 e. The first-order chi connectivity index (χ1) is 26.5. The number of benzene rings is 6. The number of rotatable bonds is 12. The zero-order valence-corrected chi connectivity index (χ0v) is 28.8. The zero-order valence-electron chi connectivity index (χ0n) is 28.8. The SMILES string of the molecule is N#COc1ccc(Cc2ccc(N=C3N(c4ccc(Cc5ccc(OC#N)cc5)cc4)C(=O)N3c3ccc(Cc4ccc(OC#N)cc4)cc3)cc2)cc1. The van der Waals surface area contributed by atoms with Crippen molar-refractivity contribution in [2.75, 3.05) is 9.80 Å². The van der Waals surface area contributed by atoms with Crippen LogP contribution in [0.4, 0.5) is 21.9 Å². The summed E-state index contributed by atoms with van der Waals surface area (Å²) in [6.45, 7) is 0. The van der Waals surface area contributed by atoms with E-state index in [1.54, 1.807) is 65.0 Å². The largest absolute Gasteiger partial charge is 0.388 e. The number of carbonyl (C=O) groups is 1. The molecular formula is C44H30N6O4. The van der Waals surface area contributed by atoms with E-state index in [1.165, 1.54) is 0 Å². The minimum atomic E-state index is -0.226. The molecular weight excluding hydrogens is 677 g/mol. The fourth-order valence-corrected chi connectivity index (χ4v) is 6.10. The van der Waals surface area contributed by atoms with Gasteiger partial charge in [-0.15, -0.1) is 15.8 Å². The highest BCUT2D eigenvalue weighted by molar-refractivity contribution is 6.43. The summed E-state index contributed by atoms with van der Waals surface area (Å²) in [5.74, 6) is 1.95. The minimum absolute atomic E-state index is 0.226. The van der Waals surface area contributed by atoms with Crippen LogP contribution in [-0.4, -0.2) is 12.0 Å². The van der Waals surface area contributed by atoms with Crippen molar-refractivity contribution in [2.45, 2.75) is 19.3 Å². The zero-order chi connectivity index (χ0) is 37.3. The molecule has 1 aliphatic heterocycles. The molecule has 0 spiro atoms. The van der Waals surface area contributed by atoms with E-state index in [1.807, 2.05) is 109 Å². The first kappa shape index (κ1) is 34.6. The number of ether oxygens (including phenoxy) is 3. The summed E-state index contributed by atoms with van der Waals surface area (Å²) < 4.78 is 14.7. The average Bonchev–Trinajstić information content (AvgIpc) is 3.19. The summed E-state index contributed by atoms with van der Waals surface area (Å²) in [5.41, 5.74) is 8.46. The van der Waals surface area contributed by atoms with Crippen molar-refractivity contribution in [1.29, 1.82) is 15.8 Å². The van der Waals surface area contributed by atoms with E-state index in [4.69, 9.17) is 35.0 Å². The Kier molecular flexibility index (Phi) is 10.2. The van der Waals surface area contributed by atoms with Gasteiger partial charge in [-0.3, -0.25) is 0 Å². The van der Waals surface area contributed by atoms with Crippen LogP contribution in [0, 0.1) is 34.6 Å². The summed E-state index contributed by atoms with van der Waals surface area (Å²) in [6.07, 6.45) is 7.07. The lowest BCUT2D eigenvalue weighted by atomic mass is 10.0. The van der Waals surface area contributed by atoms with Gasteiger partial charge >= 0.3 is 6.03 Å². The van der Waals surface area contributed by atoms with Crippen LogP contribution in [-0.2, 0) is 19.3 Å². The van der Waals surface area contributed by atoms with Gasteiger partial charge in [-0.1, -0.05) is 72.8 Å². The molecule has 6 aromatic rings. The van der Waals surface area contributed by atoms with Gasteiger partial charge in [-0.25, -0.2) is 19.6 Å². The monoisotopic (exact) mass is 706 g/mol. The van der Waals surface area contributed by atoms with Gasteiger partial charge in [0.15, 0.2) is 0 Å². The summed E-state index contributed by atoms with van der Waals surface area (Å²) in [7, 11) is 0. The Morgan fingerprint density at radius 2 is 0.704 bits per heavy atom. The maximum absolute atomic E-state index is 13.9. The van der Waals surface area contributed by atoms with E-state index in [2.05, 4.69) is 0 Å². The van der Waals surface area contributed by atoms with Crippen LogP contribution in [0.3, 0.4) is 0 Å². The van der Waals surface area contributed by atoms with Crippen LogP contribution >= 0.6 is 0 Å². The van der Waals surface area contributed by atoms with Gasteiger partial charge in [-0.2, -0.15) is 0 Å². The van der Waals surface area contributed by atoms with Gasteiger partial charge in [0.1, 0.15) is 17.2 Å². The highest BCUT2D eigenvalue weighted by Crippen LogP contribution is 2.33. The Labute approximate surface area is 312 Å². The maximum Gasteiger partial charge on any atom is 0.342 e. The second kappa shape index (κ2) is 16.0. The van der Waals surface area contributed by atoms with E-state index in [-0.39, 0.29) is 6.03 Å². The van der Waals surface area contributed by atoms with Gasteiger partial charge in [0.05, 0.1) is 17.1 Å². The van der Waals surface area contributed by atoms with E-state index in [0.29, 0.717) is 59.5 Å². The Hall–Kier alpha value is -7.87. The van der Waals surface area contributed by atoms with Crippen molar-refractivity contribution < 1.29 is 19.0 Å². The molecule has 6 aromatic carbocycles. The number of urea groups is 1. The Bertz CT molecular complexity index is 2290. The van der Waals surface area contributed by atoms with E-state index in [9.17, 15) is 4.79 Å². The van der Waals surface area contributed by atoms with Crippen LogP contribution in [0.2, 0.25) is 0 Å². The number of aliphatic imine (C=N–C) groups is 1. The highest BCUT2D eigenvalue weighted by Gasteiger charge is 2.43. The highest BCUT2D eigenvalue weighted by atomic mass is 16.5. The molecule has 2 amide bonds. The normalized spacial score (nSPS) is 11.8. The van der Waals surface area contributed by atoms with Crippen molar-refractivity contribution in [3.8, 4) is 36.0 Å². The predicted octanol–water partition coefficient (Wildman–Crippen LogP) is 9.17. The van der Waals surface area contributed by atoms with Crippen LogP contribution in [0.25, 0.3) is 0 Å². The molecule has 1 fully saturated rings.